The summed E-state index contributed by atoms with van der Waals surface area (Å²) in [5, 5.41) is 9.53. The van der Waals surface area contributed by atoms with Gasteiger partial charge in [0.05, 0.1) is 6.07 Å². The van der Waals surface area contributed by atoms with Gasteiger partial charge in [-0.3, -0.25) is 4.90 Å². The van der Waals surface area contributed by atoms with Crippen molar-refractivity contribution < 1.29 is 0 Å². The summed E-state index contributed by atoms with van der Waals surface area (Å²) in [6, 6.07) is 12.5. The molecule has 1 saturated heterocycles. The smallest absolute Gasteiger partial charge is 0.142 e. The summed E-state index contributed by atoms with van der Waals surface area (Å²) < 4.78 is 0. The summed E-state index contributed by atoms with van der Waals surface area (Å²) in [6.07, 6.45) is 2.39. The molecule has 1 heterocycles. The van der Waals surface area contributed by atoms with Crippen LogP contribution in [-0.4, -0.2) is 49.6 Å². The Labute approximate surface area is 121 Å². The van der Waals surface area contributed by atoms with Crippen molar-refractivity contribution in [3.8, 4) is 6.07 Å². The minimum Gasteiger partial charge on any atom is -0.309 e. The van der Waals surface area contributed by atoms with Crippen LogP contribution in [0.15, 0.2) is 30.3 Å². The van der Waals surface area contributed by atoms with Crippen molar-refractivity contribution in [1.82, 2.24) is 9.80 Å². The van der Waals surface area contributed by atoms with E-state index in [2.05, 4.69) is 30.0 Å². The maximum Gasteiger partial charge on any atom is 0.142 e. The average molecular weight is 272 g/mol. The van der Waals surface area contributed by atoms with Crippen molar-refractivity contribution in [1.29, 1.82) is 5.26 Å². The summed E-state index contributed by atoms with van der Waals surface area (Å²) in [6.45, 7) is 2.77. The molecule has 4 heteroatoms. The molecule has 1 fully saturated rings. The second-order valence-electron chi connectivity index (χ2n) is 5.92. The highest BCUT2D eigenvalue weighted by atomic mass is 15.2. The number of likely N-dealkylation sites (tertiary alicyclic amines) is 1. The van der Waals surface area contributed by atoms with Gasteiger partial charge >= 0.3 is 0 Å². The SMILES string of the molecule is CN1CCCC(N(C)CC(N)(C#N)c2ccccc2)C1. The lowest BCUT2D eigenvalue weighted by atomic mass is 9.91. The van der Waals surface area contributed by atoms with E-state index < -0.39 is 5.54 Å². The Morgan fingerprint density at radius 2 is 2.15 bits per heavy atom. The Hall–Kier alpha value is -1.41. The van der Waals surface area contributed by atoms with Crippen LogP contribution in [0.1, 0.15) is 18.4 Å². The van der Waals surface area contributed by atoms with E-state index in [0.717, 1.165) is 18.7 Å². The van der Waals surface area contributed by atoms with E-state index in [1.807, 2.05) is 30.3 Å². The van der Waals surface area contributed by atoms with Crippen LogP contribution in [0.2, 0.25) is 0 Å². The van der Waals surface area contributed by atoms with E-state index >= 15 is 0 Å². The zero-order valence-electron chi connectivity index (χ0n) is 12.4. The van der Waals surface area contributed by atoms with E-state index in [4.69, 9.17) is 5.73 Å². The molecular weight excluding hydrogens is 248 g/mol. The third-order valence-electron chi connectivity index (χ3n) is 4.21. The van der Waals surface area contributed by atoms with Gasteiger partial charge in [0.25, 0.3) is 0 Å². The predicted molar refractivity (Wildman–Crippen MR) is 81.1 cm³/mol. The summed E-state index contributed by atoms with van der Waals surface area (Å²) in [5.41, 5.74) is 6.29. The van der Waals surface area contributed by atoms with Gasteiger partial charge in [0.1, 0.15) is 5.54 Å². The molecule has 2 atom stereocenters. The van der Waals surface area contributed by atoms with Crippen molar-refractivity contribution >= 4 is 0 Å². The lowest BCUT2D eigenvalue weighted by Gasteiger charge is -2.38. The standard InChI is InChI=1S/C16H24N4/c1-19-10-6-9-15(11-19)20(2)13-16(18,12-17)14-7-4-3-5-8-14/h3-5,7-8,15H,6,9-11,13,18H2,1-2H3. The zero-order chi connectivity index (χ0) is 14.6. The van der Waals surface area contributed by atoms with Crippen molar-refractivity contribution in [2.75, 3.05) is 33.7 Å². The van der Waals surface area contributed by atoms with Gasteiger partial charge in [-0.1, -0.05) is 30.3 Å². The predicted octanol–water partition coefficient (Wildman–Crippen LogP) is 1.39. The summed E-state index contributed by atoms with van der Waals surface area (Å²) in [5.74, 6) is 0. The monoisotopic (exact) mass is 272 g/mol. The van der Waals surface area contributed by atoms with Crippen LogP contribution >= 0.6 is 0 Å². The quantitative estimate of drug-likeness (QED) is 0.900. The van der Waals surface area contributed by atoms with Gasteiger partial charge in [0.2, 0.25) is 0 Å². The fraction of sp³-hybridized carbons (Fsp3) is 0.562. The number of hydrogen-bond donors (Lipinski definition) is 1. The van der Waals surface area contributed by atoms with Gasteiger partial charge in [-0.15, -0.1) is 0 Å². The second kappa shape index (κ2) is 6.36. The summed E-state index contributed by atoms with van der Waals surface area (Å²) >= 11 is 0. The molecule has 0 aromatic heterocycles. The lowest BCUT2D eigenvalue weighted by molar-refractivity contribution is 0.121. The molecule has 2 rings (SSSR count). The molecule has 0 radical (unpaired) electrons. The number of nitriles is 1. The summed E-state index contributed by atoms with van der Waals surface area (Å²) in [7, 11) is 4.23. The van der Waals surface area contributed by atoms with Crippen LogP contribution in [-0.2, 0) is 5.54 Å². The minimum absolute atomic E-state index is 0.480. The van der Waals surface area contributed by atoms with Gasteiger partial charge in [-0.2, -0.15) is 5.26 Å². The largest absolute Gasteiger partial charge is 0.309 e. The van der Waals surface area contributed by atoms with Crippen LogP contribution in [0.25, 0.3) is 0 Å². The third kappa shape index (κ3) is 3.37. The van der Waals surface area contributed by atoms with Crippen LogP contribution < -0.4 is 5.73 Å². The molecule has 0 bridgehead atoms. The lowest BCUT2D eigenvalue weighted by Crippen LogP contribution is -2.52. The van der Waals surface area contributed by atoms with Gasteiger partial charge in [0, 0.05) is 19.1 Å². The molecule has 0 spiro atoms. The van der Waals surface area contributed by atoms with Gasteiger partial charge in [-0.05, 0) is 39.0 Å². The molecule has 1 aliphatic rings. The van der Waals surface area contributed by atoms with Crippen LogP contribution in [0, 0.1) is 11.3 Å². The van der Waals surface area contributed by atoms with Crippen molar-refractivity contribution in [2.45, 2.75) is 24.4 Å². The molecule has 0 aliphatic carbocycles. The molecule has 0 saturated carbocycles. The number of piperidine rings is 1. The first-order valence-corrected chi connectivity index (χ1v) is 7.19. The zero-order valence-corrected chi connectivity index (χ0v) is 12.4. The molecule has 1 aliphatic heterocycles. The third-order valence-corrected chi connectivity index (χ3v) is 4.21. The molecule has 108 valence electrons. The fourth-order valence-electron chi connectivity index (χ4n) is 2.95. The van der Waals surface area contributed by atoms with E-state index in [-0.39, 0.29) is 0 Å². The van der Waals surface area contributed by atoms with Crippen molar-refractivity contribution in [3.63, 3.8) is 0 Å². The Balaban J connectivity index is 2.08. The normalized spacial score (nSPS) is 23.2. The Bertz CT molecular complexity index is 467. The van der Waals surface area contributed by atoms with E-state index in [1.54, 1.807) is 0 Å². The first kappa shape index (κ1) is 15.0. The molecule has 1 aromatic rings. The minimum atomic E-state index is -0.938. The highest BCUT2D eigenvalue weighted by Crippen LogP contribution is 2.21. The summed E-state index contributed by atoms with van der Waals surface area (Å²) in [4.78, 5) is 4.59. The Kier molecular flexibility index (Phi) is 4.77. The first-order chi connectivity index (χ1) is 9.55. The maximum absolute atomic E-state index is 9.53. The highest BCUT2D eigenvalue weighted by Gasteiger charge is 2.32. The van der Waals surface area contributed by atoms with Crippen molar-refractivity contribution in [3.05, 3.63) is 35.9 Å². The molecular formula is C16H24N4. The molecule has 4 nitrogen and oxygen atoms in total. The first-order valence-electron chi connectivity index (χ1n) is 7.19. The van der Waals surface area contributed by atoms with E-state index in [9.17, 15) is 5.26 Å². The van der Waals surface area contributed by atoms with Gasteiger partial charge < -0.3 is 10.6 Å². The molecule has 2 unspecified atom stereocenters. The number of nitrogens with zero attached hydrogens (tertiary/aromatic N) is 3. The van der Waals surface area contributed by atoms with Crippen molar-refractivity contribution in [2.24, 2.45) is 5.73 Å². The molecule has 1 aromatic carbocycles. The Morgan fingerprint density at radius 3 is 2.75 bits per heavy atom. The van der Waals surface area contributed by atoms with E-state index in [1.165, 1.54) is 12.8 Å². The molecule has 20 heavy (non-hydrogen) atoms. The van der Waals surface area contributed by atoms with Crippen LogP contribution in [0.5, 0.6) is 0 Å². The maximum atomic E-state index is 9.53. The number of nitrogens with two attached hydrogens (primary N) is 1. The topological polar surface area (TPSA) is 56.3 Å². The fourth-order valence-corrected chi connectivity index (χ4v) is 2.95. The average Bonchev–Trinajstić information content (AvgIpc) is 2.48. The second-order valence-corrected chi connectivity index (χ2v) is 5.92. The number of benzene rings is 1. The molecule has 2 N–H and O–H groups in total. The number of hydrogen-bond acceptors (Lipinski definition) is 4. The number of likely N-dealkylation sites (N-methyl/N-ethyl adjacent to an activating group) is 2. The Morgan fingerprint density at radius 1 is 1.45 bits per heavy atom. The van der Waals surface area contributed by atoms with Crippen LogP contribution in [0.4, 0.5) is 0 Å². The highest BCUT2D eigenvalue weighted by molar-refractivity contribution is 5.31. The molecule has 0 amide bonds. The van der Waals surface area contributed by atoms with Gasteiger partial charge in [-0.25, -0.2) is 0 Å². The van der Waals surface area contributed by atoms with Gasteiger partial charge in [0.15, 0.2) is 0 Å². The van der Waals surface area contributed by atoms with E-state index in [0.29, 0.717) is 12.6 Å². The van der Waals surface area contributed by atoms with Crippen LogP contribution in [0.3, 0.4) is 0 Å². The number of rotatable bonds is 4.